The van der Waals surface area contributed by atoms with Crippen LogP contribution >= 0.6 is 0 Å². The number of hydrazine groups is 1. The third-order valence-corrected chi connectivity index (χ3v) is 4.06. The summed E-state index contributed by atoms with van der Waals surface area (Å²) in [5, 5.41) is 2.10. The van der Waals surface area contributed by atoms with Crippen LogP contribution in [0, 0.1) is 0 Å². The van der Waals surface area contributed by atoms with Gasteiger partial charge in [0.2, 0.25) is 5.91 Å². The van der Waals surface area contributed by atoms with Gasteiger partial charge in [-0.15, -0.1) is 0 Å². The van der Waals surface area contributed by atoms with Crippen molar-refractivity contribution in [2.75, 3.05) is 6.54 Å². The van der Waals surface area contributed by atoms with Crippen LogP contribution in [0.1, 0.15) is 38.8 Å². The molecule has 0 radical (unpaired) electrons. The predicted molar refractivity (Wildman–Crippen MR) is 92.6 cm³/mol. The third kappa shape index (κ3) is 3.93. The van der Waals surface area contributed by atoms with E-state index in [0.29, 0.717) is 16.5 Å². The Hall–Kier alpha value is -2.28. The monoisotopic (exact) mass is 366 g/mol. The molecule has 1 aliphatic heterocycles. The normalized spacial score (nSPS) is 17.4. The minimum atomic E-state index is -4.55. The summed E-state index contributed by atoms with van der Waals surface area (Å²) in [5.41, 5.74) is 1.85. The van der Waals surface area contributed by atoms with E-state index in [4.69, 9.17) is 4.74 Å². The van der Waals surface area contributed by atoms with Crippen molar-refractivity contribution < 1.29 is 22.7 Å². The molecule has 4 nitrogen and oxygen atoms in total. The first-order valence-electron chi connectivity index (χ1n) is 8.39. The van der Waals surface area contributed by atoms with E-state index in [2.05, 4.69) is 5.43 Å². The lowest BCUT2D eigenvalue weighted by Crippen LogP contribution is -2.43. The number of alkyl halides is 3. The van der Waals surface area contributed by atoms with Crippen LogP contribution in [-0.2, 0) is 4.79 Å². The maximum absolute atomic E-state index is 13.9. The predicted octanol–water partition coefficient (Wildman–Crippen LogP) is 4.36. The summed E-state index contributed by atoms with van der Waals surface area (Å²) in [7, 11) is 0. The maximum Gasteiger partial charge on any atom is 0.409 e. The van der Waals surface area contributed by atoms with E-state index in [1.54, 1.807) is 30.3 Å². The van der Waals surface area contributed by atoms with Gasteiger partial charge in [0.05, 0.1) is 0 Å². The van der Waals surface area contributed by atoms with Gasteiger partial charge in [0.15, 0.2) is 6.04 Å². The molecule has 0 bridgehead atoms. The van der Waals surface area contributed by atoms with E-state index in [0.717, 1.165) is 5.01 Å². The van der Waals surface area contributed by atoms with Crippen LogP contribution in [0.25, 0.3) is 10.8 Å². The van der Waals surface area contributed by atoms with E-state index < -0.39 is 23.7 Å². The van der Waals surface area contributed by atoms with E-state index in [-0.39, 0.29) is 18.5 Å². The van der Waals surface area contributed by atoms with Crippen molar-refractivity contribution in [2.45, 2.75) is 45.0 Å². The molecule has 1 heterocycles. The topological polar surface area (TPSA) is 41.6 Å². The fourth-order valence-corrected chi connectivity index (χ4v) is 3.16. The highest BCUT2D eigenvalue weighted by Crippen LogP contribution is 2.42. The molecule has 0 saturated carbocycles. The zero-order valence-electron chi connectivity index (χ0n) is 14.9. The van der Waals surface area contributed by atoms with E-state index in [1.807, 2.05) is 20.8 Å². The molecule has 2 aromatic rings. The third-order valence-electron chi connectivity index (χ3n) is 4.06. The second kappa shape index (κ2) is 6.46. The Morgan fingerprint density at radius 1 is 1.15 bits per heavy atom. The van der Waals surface area contributed by atoms with Crippen LogP contribution in [0.4, 0.5) is 13.2 Å². The Kier molecular flexibility index (Phi) is 4.60. The minimum absolute atomic E-state index is 0.00168. The molecule has 2 aromatic carbocycles. The van der Waals surface area contributed by atoms with Crippen molar-refractivity contribution >= 4 is 16.7 Å². The fraction of sp³-hybridized carbons (Fsp3) is 0.421. The Labute approximate surface area is 149 Å². The van der Waals surface area contributed by atoms with Crippen LogP contribution in [0.15, 0.2) is 36.4 Å². The molecule has 26 heavy (non-hydrogen) atoms. The Morgan fingerprint density at radius 2 is 1.85 bits per heavy atom. The standard InChI is InChI=1S/C19H21F3N2O2/c1-18(2,3)26-13-10-12-6-4-5-7-14(12)15(11-13)17(19(20,21)22)24-9-8-16(25)23-24/h4-7,10-11,17H,8-9H2,1-3H3,(H,23,25)/t17-/m0/s1. The number of ether oxygens (including phenoxy) is 1. The van der Waals surface area contributed by atoms with E-state index in [9.17, 15) is 18.0 Å². The molecule has 1 aliphatic rings. The van der Waals surface area contributed by atoms with Gasteiger partial charge < -0.3 is 4.74 Å². The van der Waals surface area contributed by atoms with Crippen LogP contribution < -0.4 is 10.2 Å². The van der Waals surface area contributed by atoms with Gasteiger partial charge in [0, 0.05) is 13.0 Å². The Bertz CT molecular complexity index is 828. The zero-order chi connectivity index (χ0) is 19.1. The lowest BCUT2D eigenvalue weighted by Gasteiger charge is -2.31. The van der Waals surface area contributed by atoms with Gasteiger partial charge >= 0.3 is 6.18 Å². The highest BCUT2D eigenvalue weighted by Gasteiger charge is 2.47. The second-order valence-electron chi connectivity index (χ2n) is 7.37. The van der Waals surface area contributed by atoms with Crippen molar-refractivity contribution in [3.05, 3.63) is 42.0 Å². The molecule has 1 fully saturated rings. The largest absolute Gasteiger partial charge is 0.488 e. The summed E-state index contributed by atoms with van der Waals surface area (Å²) < 4.78 is 47.7. The summed E-state index contributed by atoms with van der Waals surface area (Å²) in [6.07, 6.45) is -4.51. The molecule has 1 saturated heterocycles. The van der Waals surface area contributed by atoms with Gasteiger partial charge in [0.1, 0.15) is 11.4 Å². The van der Waals surface area contributed by atoms with E-state index >= 15 is 0 Å². The highest BCUT2D eigenvalue weighted by molar-refractivity contribution is 5.88. The molecule has 0 aliphatic carbocycles. The summed E-state index contributed by atoms with van der Waals surface area (Å²) in [6.45, 7) is 5.51. The average molecular weight is 366 g/mol. The molecular formula is C19H21F3N2O2. The lowest BCUT2D eigenvalue weighted by molar-refractivity contribution is -0.190. The lowest BCUT2D eigenvalue weighted by atomic mass is 9.97. The first-order chi connectivity index (χ1) is 12.0. The maximum atomic E-state index is 13.9. The fourth-order valence-electron chi connectivity index (χ4n) is 3.16. The summed E-state index contributed by atoms with van der Waals surface area (Å²) >= 11 is 0. The molecular weight excluding hydrogens is 345 g/mol. The molecule has 7 heteroatoms. The zero-order valence-corrected chi connectivity index (χ0v) is 14.9. The van der Waals surface area contributed by atoms with E-state index in [1.165, 1.54) is 6.07 Å². The second-order valence-corrected chi connectivity index (χ2v) is 7.37. The van der Waals surface area contributed by atoms with Gasteiger partial charge in [-0.3, -0.25) is 10.2 Å². The number of halogens is 3. The quantitative estimate of drug-likeness (QED) is 0.878. The number of rotatable bonds is 3. The van der Waals surface area contributed by atoms with Crippen LogP contribution in [-0.4, -0.2) is 29.2 Å². The van der Waals surface area contributed by atoms with Gasteiger partial charge in [-0.1, -0.05) is 24.3 Å². The summed E-state index contributed by atoms with van der Waals surface area (Å²) in [6, 6.07) is 8.10. The van der Waals surface area contributed by atoms with Crippen molar-refractivity contribution in [2.24, 2.45) is 0 Å². The molecule has 0 unspecified atom stereocenters. The molecule has 1 N–H and O–H groups in total. The Balaban J connectivity index is 2.17. The number of nitrogens with one attached hydrogen (secondary N) is 1. The number of carbonyl (C=O) groups excluding carboxylic acids is 1. The SMILES string of the molecule is CC(C)(C)Oc1cc([C@H](N2CCC(=O)N2)C(F)(F)F)c2ccccc2c1. The minimum Gasteiger partial charge on any atom is -0.488 e. The van der Waals surface area contributed by atoms with Gasteiger partial charge in [-0.25, -0.2) is 5.01 Å². The molecule has 0 aromatic heterocycles. The Morgan fingerprint density at radius 3 is 2.42 bits per heavy atom. The number of hydrogen-bond donors (Lipinski definition) is 1. The van der Waals surface area contributed by atoms with Crippen molar-refractivity contribution in [3.8, 4) is 5.75 Å². The molecule has 140 valence electrons. The average Bonchev–Trinajstić information content (AvgIpc) is 2.90. The summed E-state index contributed by atoms with van der Waals surface area (Å²) in [4.78, 5) is 11.5. The van der Waals surface area contributed by atoms with Crippen molar-refractivity contribution in [3.63, 3.8) is 0 Å². The molecule has 1 amide bonds. The van der Waals surface area contributed by atoms with Gasteiger partial charge in [-0.2, -0.15) is 13.2 Å². The number of amides is 1. The number of carbonyl (C=O) groups is 1. The molecule has 0 spiro atoms. The van der Waals surface area contributed by atoms with Gasteiger partial charge in [0.25, 0.3) is 0 Å². The van der Waals surface area contributed by atoms with Crippen LogP contribution in [0.3, 0.4) is 0 Å². The van der Waals surface area contributed by atoms with Crippen LogP contribution in [0.2, 0.25) is 0 Å². The first kappa shape index (κ1) is 18.5. The highest BCUT2D eigenvalue weighted by atomic mass is 19.4. The summed E-state index contributed by atoms with van der Waals surface area (Å²) in [5.74, 6) is -0.0448. The van der Waals surface area contributed by atoms with Crippen LogP contribution in [0.5, 0.6) is 5.75 Å². The molecule has 3 rings (SSSR count). The van der Waals surface area contributed by atoms with Gasteiger partial charge in [-0.05, 0) is 49.2 Å². The first-order valence-corrected chi connectivity index (χ1v) is 8.39. The molecule has 1 atom stereocenters. The number of hydrogen-bond acceptors (Lipinski definition) is 3. The number of benzene rings is 2. The number of nitrogens with zero attached hydrogens (tertiary/aromatic N) is 1. The smallest absolute Gasteiger partial charge is 0.409 e. The number of fused-ring (bicyclic) bond motifs is 1. The van der Waals surface area contributed by atoms with Crippen molar-refractivity contribution in [1.82, 2.24) is 10.4 Å². The van der Waals surface area contributed by atoms with Crippen molar-refractivity contribution in [1.29, 1.82) is 0 Å².